The summed E-state index contributed by atoms with van der Waals surface area (Å²) < 4.78 is 23.8. The van der Waals surface area contributed by atoms with E-state index in [1.165, 1.54) is 0 Å². The summed E-state index contributed by atoms with van der Waals surface area (Å²) in [7, 11) is 0. The molecule has 1 saturated heterocycles. The maximum Gasteiger partial charge on any atom is 0.409 e. The van der Waals surface area contributed by atoms with Crippen molar-refractivity contribution in [1.29, 1.82) is 0 Å². The first-order chi connectivity index (χ1) is 4.13. The van der Waals surface area contributed by atoms with Crippen LogP contribution in [0, 0.1) is 0 Å². The summed E-state index contributed by atoms with van der Waals surface area (Å²) in [5, 5.41) is 8.04. The smallest absolute Gasteiger partial charge is 0.409 e. The zero-order chi connectivity index (χ0) is 7.02. The molecular formula is C4H5F2NO2. The van der Waals surface area contributed by atoms with Gasteiger partial charge < -0.3 is 5.11 Å². The molecule has 0 aromatic heterocycles. The van der Waals surface area contributed by atoms with Crippen molar-refractivity contribution in [2.75, 3.05) is 6.54 Å². The summed E-state index contributed by atoms with van der Waals surface area (Å²) >= 11 is 0. The molecule has 0 saturated carbocycles. The molecule has 1 heterocycles. The number of alkyl halides is 2. The minimum absolute atomic E-state index is 0.337. The Hall–Kier alpha value is -0.870. The fourth-order valence-corrected chi connectivity index (χ4v) is 0.616. The van der Waals surface area contributed by atoms with Gasteiger partial charge in [0.25, 0.3) is 0 Å². The summed E-state index contributed by atoms with van der Waals surface area (Å²) in [6.45, 7) is -0.337. The number of hydrogen-bond donors (Lipinski definition) is 1. The van der Waals surface area contributed by atoms with Crippen LogP contribution in [0.1, 0.15) is 0 Å². The van der Waals surface area contributed by atoms with Crippen molar-refractivity contribution in [2.45, 2.75) is 12.5 Å². The zero-order valence-corrected chi connectivity index (χ0v) is 4.42. The van der Waals surface area contributed by atoms with Crippen molar-refractivity contribution in [2.24, 2.45) is 0 Å². The van der Waals surface area contributed by atoms with Gasteiger partial charge in [-0.05, 0) is 0 Å². The molecule has 3 nitrogen and oxygen atoms in total. The lowest BCUT2D eigenvalue weighted by molar-refractivity contribution is -0.0682. The molecule has 0 radical (unpaired) electrons. The second kappa shape index (κ2) is 1.82. The number of amides is 1. The molecule has 1 rings (SSSR count). The van der Waals surface area contributed by atoms with Gasteiger partial charge in [-0.1, -0.05) is 0 Å². The van der Waals surface area contributed by atoms with E-state index >= 15 is 0 Å². The monoisotopic (exact) mass is 137 g/mol. The van der Waals surface area contributed by atoms with Gasteiger partial charge in [-0.25, -0.2) is 13.6 Å². The third-order valence-electron chi connectivity index (χ3n) is 1.21. The van der Waals surface area contributed by atoms with Crippen LogP contribution in [0.4, 0.5) is 13.6 Å². The molecule has 2 unspecified atom stereocenters. The standard InChI is InChI=1S/C4H5F2NO2/c5-2-1-7(3(2)6)4(8)9/h2-3H,1H2,(H,8,9). The number of likely N-dealkylation sites (tertiary alicyclic amines) is 1. The molecule has 1 aliphatic rings. The van der Waals surface area contributed by atoms with E-state index in [4.69, 9.17) is 5.11 Å². The largest absolute Gasteiger partial charge is 0.465 e. The number of nitrogens with zero attached hydrogens (tertiary/aromatic N) is 1. The number of halogens is 2. The van der Waals surface area contributed by atoms with E-state index in [0.717, 1.165) is 0 Å². The Morgan fingerprint density at radius 2 is 2.22 bits per heavy atom. The molecule has 0 bridgehead atoms. The lowest BCUT2D eigenvalue weighted by atomic mass is 10.2. The quantitative estimate of drug-likeness (QED) is 0.497. The van der Waals surface area contributed by atoms with Gasteiger partial charge >= 0.3 is 6.09 Å². The first-order valence-corrected chi connectivity index (χ1v) is 2.40. The maximum atomic E-state index is 12.0. The lowest BCUT2D eigenvalue weighted by Gasteiger charge is -2.35. The molecule has 0 aromatic carbocycles. The van der Waals surface area contributed by atoms with Crippen LogP contribution in [-0.4, -0.2) is 35.1 Å². The van der Waals surface area contributed by atoms with E-state index < -0.39 is 18.6 Å². The van der Waals surface area contributed by atoms with E-state index in [-0.39, 0.29) is 6.54 Å². The topological polar surface area (TPSA) is 40.5 Å². The molecule has 0 aliphatic carbocycles. The van der Waals surface area contributed by atoms with Crippen LogP contribution in [-0.2, 0) is 0 Å². The van der Waals surface area contributed by atoms with Crippen molar-refractivity contribution >= 4 is 6.09 Å². The molecule has 1 N–H and O–H groups in total. The molecule has 52 valence electrons. The number of carboxylic acid groups (broad SMARTS) is 1. The minimum Gasteiger partial charge on any atom is -0.465 e. The van der Waals surface area contributed by atoms with Gasteiger partial charge in [0, 0.05) is 0 Å². The predicted octanol–water partition coefficient (Wildman–Crippen LogP) is 0.614. The third-order valence-corrected chi connectivity index (χ3v) is 1.21. The Labute approximate surface area is 49.9 Å². The summed E-state index contributed by atoms with van der Waals surface area (Å²) in [5.41, 5.74) is 0. The number of rotatable bonds is 0. The summed E-state index contributed by atoms with van der Waals surface area (Å²) in [5.74, 6) is 0. The molecule has 0 aromatic rings. The minimum atomic E-state index is -1.94. The predicted molar refractivity (Wildman–Crippen MR) is 24.5 cm³/mol. The van der Waals surface area contributed by atoms with Crippen LogP contribution in [0.25, 0.3) is 0 Å². The summed E-state index contributed by atoms with van der Waals surface area (Å²) in [4.78, 5) is 10.3. The van der Waals surface area contributed by atoms with Crippen LogP contribution in [0.2, 0.25) is 0 Å². The molecule has 1 fully saturated rings. The van der Waals surface area contributed by atoms with Gasteiger partial charge in [-0.2, -0.15) is 0 Å². The van der Waals surface area contributed by atoms with Gasteiger partial charge in [-0.3, -0.25) is 4.90 Å². The van der Waals surface area contributed by atoms with Gasteiger partial charge in [0.1, 0.15) is 0 Å². The fourth-order valence-electron chi connectivity index (χ4n) is 0.616. The van der Waals surface area contributed by atoms with Crippen LogP contribution in [0.5, 0.6) is 0 Å². The van der Waals surface area contributed by atoms with Crippen LogP contribution in [0.3, 0.4) is 0 Å². The molecule has 0 spiro atoms. The Balaban J connectivity index is 2.42. The van der Waals surface area contributed by atoms with Crippen LogP contribution < -0.4 is 0 Å². The summed E-state index contributed by atoms with van der Waals surface area (Å²) in [6.07, 6.45) is -4.97. The van der Waals surface area contributed by atoms with E-state index in [1.54, 1.807) is 0 Å². The van der Waals surface area contributed by atoms with Crippen LogP contribution >= 0.6 is 0 Å². The highest BCUT2D eigenvalue weighted by atomic mass is 19.2. The Kier molecular flexibility index (Phi) is 1.27. The highest BCUT2D eigenvalue weighted by Gasteiger charge is 2.42. The Morgan fingerprint density at radius 3 is 2.33 bits per heavy atom. The highest BCUT2D eigenvalue weighted by Crippen LogP contribution is 2.21. The molecule has 1 aliphatic heterocycles. The lowest BCUT2D eigenvalue weighted by Crippen LogP contribution is -2.57. The van der Waals surface area contributed by atoms with E-state index in [1.807, 2.05) is 0 Å². The highest BCUT2D eigenvalue weighted by molar-refractivity contribution is 5.66. The average molecular weight is 137 g/mol. The second-order valence-corrected chi connectivity index (χ2v) is 1.82. The van der Waals surface area contributed by atoms with Crippen molar-refractivity contribution < 1.29 is 18.7 Å². The van der Waals surface area contributed by atoms with Crippen LogP contribution in [0.15, 0.2) is 0 Å². The van der Waals surface area contributed by atoms with Crippen molar-refractivity contribution in [1.82, 2.24) is 4.90 Å². The molecule has 5 heteroatoms. The normalized spacial score (nSPS) is 33.8. The van der Waals surface area contributed by atoms with Crippen molar-refractivity contribution in [3.05, 3.63) is 0 Å². The van der Waals surface area contributed by atoms with Gasteiger partial charge in [-0.15, -0.1) is 0 Å². The zero-order valence-electron chi connectivity index (χ0n) is 4.42. The molecule has 1 amide bonds. The van der Waals surface area contributed by atoms with E-state index in [0.29, 0.717) is 4.90 Å². The first kappa shape index (κ1) is 6.25. The first-order valence-electron chi connectivity index (χ1n) is 2.40. The van der Waals surface area contributed by atoms with Gasteiger partial charge in [0.2, 0.25) is 6.30 Å². The second-order valence-electron chi connectivity index (χ2n) is 1.82. The molecule has 9 heavy (non-hydrogen) atoms. The third kappa shape index (κ3) is 0.820. The number of carbonyl (C=O) groups is 1. The van der Waals surface area contributed by atoms with E-state index in [2.05, 4.69) is 0 Å². The Morgan fingerprint density at radius 1 is 1.67 bits per heavy atom. The Bertz CT molecular complexity index is 141. The number of hydrogen-bond acceptors (Lipinski definition) is 1. The van der Waals surface area contributed by atoms with Gasteiger partial charge in [0.05, 0.1) is 6.54 Å². The van der Waals surface area contributed by atoms with E-state index in [9.17, 15) is 13.6 Å². The fraction of sp³-hybridized carbons (Fsp3) is 0.750. The van der Waals surface area contributed by atoms with Crippen molar-refractivity contribution in [3.8, 4) is 0 Å². The maximum absolute atomic E-state index is 12.0. The van der Waals surface area contributed by atoms with Gasteiger partial charge in [0.15, 0.2) is 6.17 Å². The summed E-state index contributed by atoms with van der Waals surface area (Å²) in [6, 6.07) is 0. The molecule has 2 atom stereocenters. The molecular weight excluding hydrogens is 132 g/mol. The van der Waals surface area contributed by atoms with Crippen molar-refractivity contribution in [3.63, 3.8) is 0 Å². The average Bonchev–Trinajstić information content (AvgIpc) is 1.81. The SMILES string of the molecule is O=C(O)N1CC(F)C1F.